The van der Waals surface area contributed by atoms with Gasteiger partial charge < -0.3 is 5.32 Å². The van der Waals surface area contributed by atoms with Crippen LogP contribution >= 0.6 is 15.9 Å². The molecule has 110 valence electrons. The van der Waals surface area contributed by atoms with E-state index in [2.05, 4.69) is 21.2 Å². The van der Waals surface area contributed by atoms with Crippen LogP contribution in [0.3, 0.4) is 0 Å². The van der Waals surface area contributed by atoms with E-state index in [1.54, 1.807) is 0 Å². The van der Waals surface area contributed by atoms with Crippen molar-refractivity contribution in [3.8, 4) is 0 Å². The molecule has 2 unspecified atom stereocenters. The third-order valence-corrected chi connectivity index (χ3v) is 4.33. The van der Waals surface area contributed by atoms with Crippen molar-refractivity contribution in [2.45, 2.75) is 30.3 Å². The Morgan fingerprint density at radius 3 is 2.40 bits per heavy atom. The van der Waals surface area contributed by atoms with Crippen LogP contribution in [-0.4, -0.2) is 17.3 Å². The van der Waals surface area contributed by atoms with Crippen LogP contribution in [0, 0.1) is 5.92 Å². The number of nitrogens with one attached hydrogen (secondary N) is 1. The monoisotopic (exact) mass is 349 g/mol. The lowest BCUT2D eigenvalue weighted by atomic mass is 10.1. The van der Waals surface area contributed by atoms with Gasteiger partial charge in [-0.3, -0.25) is 4.79 Å². The van der Waals surface area contributed by atoms with Crippen molar-refractivity contribution in [1.29, 1.82) is 0 Å². The highest BCUT2D eigenvalue weighted by Crippen LogP contribution is 2.30. The van der Waals surface area contributed by atoms with E-state index >= 15 is 0 Å². The molecule has 2 atom stereocenters. The van der Waals surface area contributed by atoms with Crippen LogP contribution in [0.25, 0.3) is 0 Å². The minimum atomic E-state index is -4.37. The first-order valence-corrected chi connectivity index (χ1v) is 7.37. The lowest BCUT2D eigenvalue weighted by Gasteiger charge is -2.11. The molecule has 0 aromatic heterocycles. The average Bonchev–Trinajstić information content (AvgIpc) is 2.81. The molecule has 2 rings (SSSR count). The quantitative estimate of drug-likeness (QED) is 0.821. The number of halogens is 4. The number of alkyl halides is 4. The molecule has 0 aliphatic heterocycles. The molecule has 20 heavy (non-hydrogen) atoms. The normalized spacial score (nSPS) is 22.8. The smallest absolute Gasteiger partial charge is 0.352 e. The highest BCUT2D eigenvalue weighted by atomic mass is 79.9. The molecule has 1 fully saturated rings. The van der Waals surface area contributed by atoms with E-state index in [0.29, 0.717) is 17.3 Å². The summed E-state index contributed by atoms with van der Waals surface area (Å²) in [6.45, 7) is 0.571. The zero-order valence-electron chi connectivity index (χ0n) is 10.7. The zero-order chi connectivity index (χ0) is 14.8. The molecule has 1 N–H and O–H groups in total. The summed E-state index contributed by atoms with van der Waals surface area (Å²) in [7, 11) is 0. The van der Waals surface area contributed by atoms with Crippen molar-refractivity contribution < 1.29 is 18.0 Å². The van der Waals surface area contributed by atoms with Crippen LogP contribution in [0.1, 0.15) is 35.2 Å². The molecule has 1 aromatic rings. The summed E-state index contributed by atoms with van der Waals surface area (Å²) < 4.78 is 37.2. The molecule has 0 bridgehead atoms. The lowest BCUT2D eigenvalue weighted by molar-refractivity contribution is -0.137. The fraction of sp³-hybridized carbons (Fsp3) is 0.500. The molecule has 1 aromatic carbocycles. The van der Waals surface area contributed by atoms with E-state index in [-0.39, 0.29) is 11.5 Å². The highest BCUT2D eigenvalue weighted by Gasteiger charge is 2.30. The van der Waals surface area contributed by atoms with E-state index in [0.717, 1.165) is 31.4 Å². The van der Waals surface area contributed by atoms with Crippen molar-refractivity contribution in [1.82, 2.24) is 5.32 Å². The molecular weight excluding hydrogens is 335 g/mol. The summed E-state index contributed by atoms with van der Waals surface area (Å²) in [6.07, 6.45) is -1.19. The number of hydrogen-bond donors (Lipinski definition) is 1. The van der Waals surface area contributed by atoms with Crippen LogP contribution in [0.5, 0.6) is 0 Å². The minimum absolute atomic E-state index is 0.256. The molecule has 1 amide bonds. The van der Waals surface area contributed by atoms with Crippen LogP contribution < -0.4 is 5.32 Å². The van der Waals surface area contributed by atoms with E-state index in [1.165, 1.54) is 12.1 Å². The van der Waals surface area contributed by atoms with Crippen LogP contribution in [0.4, 0.5) is 13.2 Å². The first-order valence-electron chi connectivity index (χ1n) is 6.46. The van der Waals surface area contributed by atoms with Crippen LogP contribution in [0.2, 0.25) is 0 Å². The van der Waals surface area contributed by atoms with Gasteiger partial charge in [-0.2, -0.15) is 13.2 Å². The molecule has 0 saturated heterocycles. The molecule has 2 nitrogen and oxygen atoms in total. The maximum atomic E-state index is 12.4. The molecule has 0 heterocycles. The molecule has 0 radical (unpaired) electrons. The van der Waals surface area contributed by atoms with Gasteiger partial charge in [0.05, 0.1) is 5.56 Å². The lowest BCUT2D eigenvalue weighted by Crippen LogP contribution is -2.28. The Kier molecular flexibility index (Phi) is 4.73. The summed E-state index contributed by atoms with van der Waals surface area (Å²) in [5, 5.41) is 2.78. The van der Waals surface area contributed by atoms with E-state index in [9.17, 15) is 18.0 Å². The first-order chi connectivity index (χ1) is 9.36. The number of rotatable bonds is 3. The van der Waals surface area contributed by atoms with Crippen molar-refractivity contribution in [2.75, 3.05) is 6.54 Å². The van der Waals surface area contributed by atoms with Gasteiger partial charge in [0.1, 0.15) is 0 Å². The second-order valence-corrected chi connectivity index (χ2v) is 6.36. The van der Waals surface area contributed by atoms with E-state index < -0.39 is 11.7 Å². The van der Waals surface area contributed by atoms with E-state index in [4.69, 9.17) is 0 Å². The first kappa shape index (κ1) is 15.4. The summed E-state index contributed by atoms with van der Waals surface area (Å²) in [6, 6.07) is 4.28. The third-order valence-electron chi connectivity index (χ3n) is 3.50. The largest absolute Gasteiger partial charge is 0.416 e. The second kappa shape index (κ2) is 6.16. The van der Waals surface area contributed by atoms with Gasteiger partial charge >= 0.3 is 6.18 Å². The van der Waals surface area contributed by atoms with Gasteiger partial charge in [-0.05, 0) is 49.4 Å². The van der Waals surface area contributed by atoms with Crippen LogP contribution in [-0.2, 0) is 6.18 Å². The predicted molar refractivity (Wildman–Crippen MR) is 73.8 cm³/mol. The van der Waals surface area contributed by atoms with Crippen molar-refractivity contribution in [2.24, 2.45) is 5.92 Å². The second-order valence-electron chi connectivity index (χ2n) is 5.06. The van der Waals surface area contributed by atoms with Crippen molar-refractivity contribution in [3.05, 3.63) is 35.4 Å². The van der Waals surface area contributed by atoms with Gasteiger partial charge in [0.2, 0.25) is 0 Å². The van der Waals surface area contributed by atoms with Crippen molar-refractivity contribution >= 4 is 21.8 Å². The fourth-order valence-corrected chi connectivity index (χ4v) is 3.14. The molecule has 6 heteroatoms. The Hall–Kier alpha value is -1.04. The van der Waals surface area contributed by atoms with Gasteiger partial charge in [0.15, 0.2) is 0 Å². The predicted octanol–water partition coefficient (Wildman–Crippen LogP) is 4.00. The molecule has 0 spiro atoms. The van der Waals surface area contributed by atoms with Gasteiger partial charge in [-0.1, -0.05) is 15.9 Å². The standard InChI is InChI=1S/C14H15BrF3NO/c15-12-6-1-9(7-12)8-19-13(20)10-2-4-11(5-3-10)14(16,17)18/h2-5,9,12H,1,6-8H2,(H,19,20). The highest BCUT2D eigenvalue weighted by molar-refractivity contribution is 9.09. The maximum absolute atomic E-state index is 12.4. The van der Waals surface area contributed by atoms with Gasteiger partial charge in [-0.25, -0.2) is 0 Å². The fourth-order valence-electron chi connectivity index (χ4n) is 2.35. The zero-order valence-corrected chi connectivity index (χ0v) is 12.3. The summed E-state index contributed by atoms with van der Waals surface area (Å²) in [4.78, 5) is 12.3. The molecule has 1 aliphatic carbocycles. The number of amides is 1. The summed E-state index contributed by atoms with van der Waals surface area (Å²) >= 11 is 3.54. The maximum Gasteiger partial charge on any atom is 0.416 e. The minimum Gasteiger partial charge on any atom is -0.352 e. The summed E-state index contributed by atoms with van der Waals surface area (Å²) in [5.41, 5.74) is -0.488. The SMILES string of the molecule is O=C(NCC1CCC(Br)C1)c1ccc(C(F)(F)F)cc1. The van der Waals surface area contributed by atoms with Crippen molar-refractivity contribution in [3.63, 3.8) is 0 Å². The topological polar surface area (TPSA) is 29.1 Å². The Balaban J connectivity index is 1.89. The van der Waals surface area contributed by atoms with Gasteiger partial charge in [-0.15, -0.1) is 0 Å². The van der Waals surface area contributed by atoms with Gasteiger partial charge in [0, 0.05) is 16.9 Å². The van der Waals surface area contributed by atoms with Gasteiger partial charge in [0.25, 0.3) is 5.91 Å². The molecule has 1 aliphatic rings. The number of hydrogen-bond acceptors (Lipinski definition) is 1. The Morgan fingerprint density at radius 2 is 1.90 bits per heavy atom. The number of carbonyl (C=O) groups excluding carboxylic acids is 1. The Bertz CT molecular complexity index is 472. The van der Waals surface area contributed by atoms with E-state index in [1.807, 2.05) is 0 Å². The molecule has 1 saturated carbocycles. The third kappa shape index (κ3) is 3.98. The summed E-state index contributed by atoms with van der Waals surface area (Å²) in [5.74, 6) is 0.120. The number of carbonyl (C=O) groups is 1. The Morgan fingerprint density at radius 1 is 1.25 bits per heavy atom. The molecular formula is C14H15BrF3NO. The average molecular weight is 350 g/mol. The van der Waals surface area contributed by atoms with Crippen LogP contribution in [0.15, 0.2) is 24.3 Å². The Labute approximate surface area is 123 Å². The number of benzene rings is 1.